The molecule has 0 N–H and O–H groups in total. The first-order valence-electron chi connectivity index (χ1n) is 14.1. The van der Waals surface area contributed by atoms with Crippen molar-refractivity contribution < 1.29 is 9.18 Å². The van der Waals surface area contributed by atoms with Crippen LogP contribution in [0.25, 0.3) is 4.85 Å². The lowest BCUT2D eigenvalue weighted by Crippen LogP contribution is -2.53. The largest absolute Gasteiger partial charge is 0.371 e. The molecule has 39 heavy (non-hydrogen) atoms. The van der Waals surface area contributed by atoms with E-state index in [1.807, 2.05) is 30.3 Å². The Labute approximate surface area is 231 Å². The summed E-state index contributed by atoms with van der Waals surface area (Å²) >= 11 is 0. The number of anilines is 1. The average Bonchev–Trinajstić information content (AvgIpc) is 3.40. The fourth-order valence-electron chi connectivity index (χ4n) is 7.45. The van der Waals surface area contributed by atoms with Crippen LogP contribution in [-0.2, 0) is 10.3 Å². The van der Waals surface area contributed by atoms with Gasteiger partial charge in [-0.15, -0.1) is 6.42 Å². The molecule has 0 radical (unpaired) electrons. The van der Waals surface area contributed by atoms with Gasteiger partial charge in [0.25, 0.3) is 5.54 Å². The van der Waals surface area contributed by atoms with E-state index in [4.69, 9.17) is 18.3 Å². The van der Waals surface area contributed by atoms with Gasteiger partial charge in [-0.2, -0.15) is 5.26 Å². The Morgan fingerprint density at radius 3 is 2.51 bits per heavy atom. The van der Waals surface area contributed by atoms with Crippen molar-refractivity contribution in [3.63, 3.8) is 0 Å². The van der Waals surface area contributed by atoms with Crippen LogP contribution in [0.15, 0.2) is 48.5 Å². The summed E-state index contributed by atoms with van der Waals surface area (Å²) in [4.78, 5) is 21.5. The highest BCUT2D eigenvalue weighted by molar-refractivity contribution is 5.95. The summed E-state index contributed by atoms with van der Waals surface area (Å²) in [7, 11) is 0. The lowest BCUT2D eigenvalue weighted by molar-refractivity contribution is -0.115. The molecule has 1 aliphatic carbocycles. The van der Waals surface area contributed by atoms with Gasteiger partial charge in [-0.25, -0.2) is 11.0 Å². The van der Waals surface area contributed by atoms with Gasteiger partial charge in [-0.05, 0) is 87.0 Å². The molecule has 2 aromatic rings. The number of carbonyl (C=O) groups is 1. The molecule has 6 heteroatoms. The first kappa shape index (κ1) is 26.9. The molecule has 200 valence electrons. The van der Waals surface area contributed by atoms with Crippen molar-refractivity contribution in [3.8, 4) is 18.4 Å². The predicted molar refractivity (Wildman–Crippen MR) is 150 cm³/mol. The maximum atomic E-state index is 14.5. The lowest BCUT2D eigenvalue weighted by Gasteiger charge is -2.46. The summed E-state index contributed by atoms with van der Waals surface area (Å²) in [5.74, 6) is 2.52. The number of halogens is 1. The zero-order valence-corrected chi connectivity index (χ0v) is 22.4. The van der Waals surface area contributed by atoms with Crippen LogP contribution < -0.4 is 4.90 Å². The third kappa shape index (κ3) is 5.43. The van der Waals surface area contributed by atoms with Crippen molar-refractivity contribution in [1.82, 2.24) is 4.90 Å². The summed E-state index contributed by atoms with van der Waals surface area (Å²) in [6, 6.07) is 16.6. The molecule has 3 atom stereocenters. The molecule has 5 rings (SSSR count). The molecule has 2 saturated heterocycles. The summed E-state index contributed by atoms with van der Waals surface area (Å²) < 4.78 is 14.5. The molecule has 3 aliphatic rings. The highest BCUT2D eigenvalue weighted by Crippen LogP contribution is 2.54. The summed E-state index contributed by atoms with van der Waals surface area (Å²) in [6.45, 7) is 13.4. The normalized spacial score (nSPS) is 23.7. The summed E-state index contributed by atoms with van der Waals surface area (Å²) in [5, 5.41) is 9.02. The van der Waals surface area contributed by atoms with Crippen molar-refractivity contribution in [2.75, 3.05) is 37.6 Å². The number of nitrogens with zero attached hydrogens (tertiary/aromatic N) is 4. The average molecular weight is 523 g/mol. The number of benzene rings is 2. The van der Waals surface area contributed by atoms with E-state index in [1.54, 1.807) is 12.1 Å². The Morgan fingerprint density at radius 2 is 1.87 bits per heavy atom. The fraction of sp³-hybridized carbons (Fsp3) is 0.485. The zero-order valence-electron chi connectivity index (χ0n) is 22.4. The van der Waals surface area contributed by atoms with Crippen LogP contribution in [0.1, 0.15) is 49.7 Å². The molecular weight excluding hydrogens is 487 g/mol. The number of likely N-dealkylation sites (tertiary alicyclic amines) is 1. The second-order valence-electron chi connectivity index (χ2n) is 11.5. The Kier molecular flexibility index (Phi) is 8.02. The summed E-state index contributed by atoms with van der Waals surface area (Å²) in [5.41, 5.74) is 1.76. The Balaban J connectivity index is 1.26. The van der Waals surface area contributed by atoms with Gasteiger partial charge >= 0.3 is 0 Å². The first-order valence-corrected chi connectivity index (χ1v) is 14.1. The minimum absolute atomic E-state index is 0.00161. The van der Waals surface area contributed by atoms with Crippen LogP contribution >= 0.6 is 0 Å². The number of Topliss-reactive ketones (excluding diaryl/α,β-unsaturated/α-hetero) is 1. The Hall–Kier alpha value is -3.66. The number of carbonyl (C=O) groups excluding carboxylic acids is 1. The monoisotopic (exact) mass is 522 g/mol. The number of piperidine rings is 1. The molecule has 2 aliphatic heterocycles. The molecule has 2 heterocycles. The first-order chi connectivity index (χ1) is 19.0. The minimum atomic E-state index is -0.840. The van der Waals surface area contributed by atoms with Crippen molar-refractivity contribution in [3.05, 3.63) is 76.9 Å². The molecule has 0 bridgehead atoms. The van der Waals surface area contributed by atoms with Crippen LogP contribution in [0.4, 0.5) is 10.1 Å². The zero-order chi connectivity index (χ0) is 27.4. The number of rotatable bonds is 8. The van der Waals surface area contributed by atoms with Gasteiger partial charge in [0.2, 0.25) is 5.78 Å². The molecule has 1 saturated carbocycles. The van der Waals surface area contributed by atoms with Crippen molar-refractivity contribution in [1.29, 1.82) is 5.26 Å². The molecule has 3 fully saturated rings. The van der Waals surface area contributed by atoms with Crippen LogP contribution in [0.3, 0.4) is 0 Å². The summed E-state index contributed by atoms with van der Waals surface area (Å²) in [6.07, 6.45) is 10.2. The van der Waals surface area contributed by atoms with E-state index in [0.717, 1.165) is 76.1 Å². The molecule has 0 amide bonds. The van der Waals surface area contributed by atoms with E-state index in [1.165, 1.54) is 6.07 Å². The Morgan fingerprint density at radius 1 is 1.13 bits per heavy atom. The van der Waals surface area contributed by atoms with Gasteiger partial charge in [0.1, 0.15) is 5.82 Å². The van der Waals surface area contributed by atoms with E-state index in [0.29, 0.717) is 17.9 Å². The second-order valence-corrected chi connectivity index (χ2v) is 11.5. The maximum absolute atomic E-state index is 14.5. The number of nitriles is 1. The fourth-order valence-corrected chi connectivity index (χ4v) is 7.45. The topological polar surface area (TPSA) is 51.7 Å². The number of hydrogen-bond acceptors (Lipinski definition) is 4. The Bertz CT molecular complexity index is 1300. The van der Waals surface area contributed by atoms with E-state index in [9.17, 15) is 9.18 Å². The predicted octanol–water partition coefficient (Wildman–Crippen LogP) is 5.67. The highest BCUT2D eigenvalue weighted by Gasteiger charge is 2.57. The van der Waals surface area contributed by atoms with Gasteiger partial charge in [0.15, 0.2) is 0 Å². The smallest absolute Gasteiger partial charge is 0.263 e. The molecule has 2 aromatic carbocycles. The standard InChI is InChI=1S/C33H35FN4O/c1-3-31(39)18-26-6-4-9-32(26)33(36-2,28-7-5-8-29(34)19-28)27-14-16-37(17-15-27)21-25-22-38(23-25)30-12-10-24(20-35)11-13-30/h1,5,7-8,10-13,19,25-27,32H,4,6,9,14-18,21-23H2/t26-,32+,33-/m1/s1. The third-order valence-corrected chi connectivity index (χ3v) is 9.35. The van der Waals surface area contributed by atoms with Crippen LogP contribution in [0.2, 0.25) is 0 Å². The van der Waals surface area contributed by atoms with Gasteiger partial charge in [-0.3, -0.25) is 4.79 Å². The quantitative estimate of drug-likeness (QED) is 0.255. The van der Waals surface area contributed by atoms with Gasteiger partial charge in [0, 0.05) is 55.1 Å². The molecule has 0 aromatic heterocycles. The second kappa shape index (κ2) is 11.6. The lowest BCUT2D eigenvalue weighted by atomic mass is 9.63. The van der Waals surface area contributed by atoms with Crippen LogP contribution in [0, 0.1) is 59.7 Å². The van der Waals surface area contributed by atoms with Gasteiger partial charge in [0.05, 0.1) is 11.6 Å². The SMILES string of the molecule is [C-]#[N+][C@@](c1cccc(F)c1)(C1CCN(CC2CN(c3ccc(C#N)cc3)C2)CC1)[C@H]1CCC[C@@H]1CC(=O)C#C. The van der Waals surface area contributed by atoms with E-state index in [-0.39, 0.29) is 29.4 Å². The van der Waals surface area contributed by atoms with Crippen molar-refractivity contribution in [2.24, 2.45) is 23.7 Å². The maximum Gasteiger partial charge on any atom is 0.263 e. The van der Waals surface area contributed by atoms with Gasteiger partial charge in [-0.1, -0.05) is 18.6 Å². The van der Waals surface area contributed by atoms with Gasteiger partial charge < -0.3 is 14.6 Å². The molecule has 0 unspecified atom stereocenters. The van der Waals surface area contributed by atoms with Crippen molar-refractivity contribution >= 4 is 11.5 Å². The number of hydrogen-bond donors (Lipinski definition) is 0. The molecule has 5 nitrogen and oxygen atoms in total. The van der Waals surface area contributed by atoms with E-state index < -0.39 is 5.54 Å². The highest BCUT2D eigenvalue weighted by atomic mass is 19.1. The van der Waals surface area contributed by atoms with Crippen LogP contribution in [0.5, 0.6) is 0 Å². The number of ketones is 1. The molecule has 0 spiro atoms. The van der Waals surface area contributed by atoms with E-state index >= 15 is 0 Å². The van der Waals surface area contributed by atoms with Crippen molar-refractivity contribution in [2.45, 2.75) is 44.1 Å². The van der Waals surface area contributed by atoms with E-state index in [2.05, 4.69) is 26.6 Å². The third-order valence-electron chi connectivity index (χ3n) is 9.35. The minimum Gasteiger partial charge on any atom is -0.371 e. The molecular formula is C33H35FN4O. The number of terminal acetylenes is 1. The van der Waals surface area contributed by atoms with Crippen LogP contribution in [-0.4, -0.2) is 43.4 Å².